The van der Waals surface area contributed by atoms with Crippen molar-refractivity contribution in [2.45, 2.75) is 143 Å². The second-order valence-electron chi connectivity index (χ2n) is 10.2. The molecule has 1 rings (SSSR count). The Morgan fingerprint density at radius 2 is 1.16 bits per heavy atom. The molecule has 0 amide bonds. The number of unbranched alkanes of at least 4 members (excludes halogenated alkanes) is 12. The SMILES string of the molecule is CCCCCCCCCCCCCCCC1(C(=O)O)CCCCC1(C(=O)O)C(C)CC. The van der Waals surface area contributed by atoms with Gasteiger partial charge in [0.1, 0.15) is 0 Å². The molecule has 4 nitrogen and oxygen atoms in total. The maximum Gasteiger partial charge on any atom is 0.311 e. The molecule has 3 atom stereocenters. The van der Waals surface area contributed by atoms with Crippen molar-refractivity contribution in [2.75, 3.05) is 0 Å². The molecular weight excluding hydrogens is 388 g/mol. The molecule has 3 unspecified atom stereocenters. The Bertz CT molecular complexity index is 517. The lowest BCUT2D eigenvalue weighted by atomic mass is 9.49. The maximum absolute atomic E-state index is 12.5. The number of aliphatic carboxylic acids is 2. The van der Waals surface area contributed by atoms with Crippen LogP contribution in [0.15, 0.2) is 0 Å². The summed E-state index contributed by atoms with van der Waals surface area (Å²) < 4.78 is 0. The van der Waals surface area contributed by atoms with Gasteiger partial charge >= 0.3 is 11.9 Å². The van der Waals surface area contributed by atoms with Gasteiger partial charge in [0.2, 0.25) is 0 Å². The molecule has 2 N–H and O–H groups in total. The Morgan fingerprint density at radius 1 is 0.710 bits per heavy atom. The number of rotatable bonds is 18. The highest BCUT2D eigenvalue weighted by Gasteiger charge is 2.63. The summed E-state index contributed by atoms with van der Waals surface area (Å²) in [6.07, 6.45) is 20.2. The Hall–Kier alpha value is -1.06. The molecule has 1 aliphatic rings. The molecule has 0 heterocycles. The van der Waals surface area contributed by atoms with E-state index in [1.165, 1.54) is 64.2 Å². The zero-order valence-corrected chi connectivity index (χ0v) is 20.7. The molecule has 0 spiro atoms. The fraction of sp³-hybridized carbons (Fsp3) is 0.926. The zero-order chi connectivity index (χ0) is 23.2. The summed E-state index contributed by atoms with van der Waals surface area (Å²) in [5, 5.41) is 20.5. The van der Waals surface area contributed by atoms with Crippen LogP contribution in [0.25, 0.3) is 0 Å². The van der Waals surface area contributed by atoms with Gasteiger partial charge in [-0.1, -0.05) is 124 Å². The molecule has 0 aromatic heterocycles. The van der Waals surface area contributed by atoms with Crippen LogP contribution in [-0.2, 0) is 9.59 Å². The number of carbonyl (C=O) groups is 2. The molecule has 0 bridgehead atoms. The van der Waals surface area contributed by atoms with Gasteiger partial charge in [-0.3, -0.25) is 9.59 Å². The van der Waals surface area contributed by atoms with Gasteiger partial charge in [-0.2, -0.15) is 0 Å². The van der Waals surface area contributed by atoms with Gasteiger partial charge in [-0.15, -0.1) is 0 Å². The van der Waals surface area contributed by atoms with Crippen LogP contribution in [0.3, 0.4) is 0 Å². The predicted octanol–water partition coefficient (Wildman–Crippen LogP) is 8.23. The standard InChI is InChI=1S/C27H50O4/c1-4-6-7-8-9-10-11-12-13-14-15-16-17-20-26(24(28)29)21-18-19-22-27(26,25(30)31)23(3)5-2/h23H,4-22H2,1-3H3,(H,28,29)(H,30,31). The second-order valence-corrected chi connectivity index (χ2v) is 10.2. The quantitative estimate of drug-likeness (QED) is 0.211. The largest absolute Gasteiger partial charge is 0.481 e. The van der Waals surface area contributed by atoms with Gasteiger partial charge in [0, 0.05) is 0 Å². The van der Waals surface area contributed by atoms with E-state index in [1.807, 2.05) is 13.8 Å². The summed E-state index contributed by atoms with van der Waals surface area (Å²) in [5.74, 6) is -1.89. The average Bonchev–Trinajstić information content (AvgIpc) is 2.76. The minimum Gasteiger partial charge on any atom is -0.481 e. The van der Waals surface area contributed by atoms with Gasteiger partial charge < -0.3 is 10.2 Å². The first kappa shape index (κ1) is 28.0. The van der Waals surface area contributed by atoms with Crippen LogP contribution in [-0.4, -0.2) is 22.2 Å². The maximum atomic E-state index is 12.5. The summed E-state index contributed by atoms with van der Waals surface area (Å²) in [4.78, 5) is 25.0. The Balaban J connectivity index is 2.43. The third kappa shape index (κ3) is 7.49. The second kappa shape index (κ2) is 14.9. The highest BCUT2D eigenvalue weighted by molar-refractivity contribution is 5.87. The van der Waals surface area contributed by atoms with E-state index in [0.29, 0.717) is 25.7 Å². The Morgan fingerprint density at radius 3 is 1.58 bits per heavy atom. The minimum atomic E-state index is -1.12. The van der Waals surface area contributed by atoms with Crippen LogP contribution in [0.2, 0.25) is 0 Å². The first-order valence-corrected chi connectivity index (χ1v) is 13.4. The van der Waals surface area contributed by atoms with Crippen LogP contribution in [0, 0.1) is 16.7 Å². The van der Waals surface area contributed by atoms with Crippen molar-refractivity contribution >= 4 is 11.9 Å². The molecule has 0 saturated heterocycles. The van der Waals surface area contributed by atoms with Gasteiger partial charge in [0.05, 0.1) is 10.8 Å². The highest BCUT2D eigenvalue weighted by Crippen LogP contribution is 2.58. The van der Waals surface area contributed by atoms with Gasteiger partial charge in [0.15, 0.2) is 0 Å². The molecule has 0 aromatic rings. The van der Waals surface area contributed by atoms with E-state index in [-0.39, 0.29) is 5.92 Å². The van der Waals surface area contributed by atoms with Crippen LogP contribution in [0.5, 0.6) is 0 Å². The summed E-state index contributed by atoms with van der Waals surface area (Å²) in [6.45, 7) is 6.19. The van der Waals surface area contributed by atoms with Crippen molar-refractivity contribution in [1.82, 2.24) is 0 Å². The summed E-state index contributed by atoms with van der Waals surface area (Å²) in [7, 11) is 0. The van der Waals surface area contributed by atoms with Crippen LogP contribution < -0.4 is 0 Å². The molecule has 31 heavy (non-hydrogen) atoms. The smallest absolute Gasteiger partial charge is 0.311 e. The van der Waals surface area contributed by atoms with Crippen molar-refractivity contribution in [3.05, 3.63) is 0 Å². The van der Waals surface area contributed by atoms with Gasteiger partial charge in [0.25, 0.3) is 0 Å². The third-order valence-electron chi connectivity index (χ3n) is 8.23. The summed E-state index contributed by atoms with van der Waals surface area (Å²) in [6, 6.07) is 0. The summed E-state index contributed by atoms with van der Waals surface area (Å²) >= 11 is 0. The first-order valence-electron chi connectivity index (χ1n) is 13.4. The van der Waals surface area contributed by atoms with Crippen molar-refractivity contribution in [1.29, 1.82) is 0 Å². The summed E-state index contributed by atoms with van der Waals surface area (Å²) in [5.41, 5.74) is -2.23. The van der Waals surface area contributed by atoms with E-state index < -0.39 is 22.8 Å². The molecule has 0 aliphatic heterocycles. The molecule has 0 aromatic carbocycles. The molecule has 4 heteroatoms. The highest BCUT2D eigenvalue weighted by atomic mass is 16.4. The molecule has 182 valence electrons. The fourth-order valence-electron chi connectivity index (χ4n) is 6.08. The normalized spacial score (nSPS) is 24.7. The van der Waals surface area contributed by atoms with Crippen molar-refractivity contribution < 1.29 is 19.8 Å². The number of carboxylic acids is 2. The van der Waals surface area contributed by atoms with E-state index >= 15 is 0 Å². The van der Waals surface area contributed by atoms with E-state index in [4.69, 9.17) is 0 Å². The molecule has 1 fully saturated rings. The van der Waals surface area contributed by atoms with Crippen LogP contribution in [0.4, 0.5) is 0 Å². The van der Waals surface area contributed by atoms with E-state index in [9.17, 15) is 19.8 Å². The molecule has 1 aliphatic carbocycles. The lowest BCUT2D eigenvalue weighted by molar-refractivity contribution is -0.188. The Kier molecular flexibility index (Phi) is 13.4. The molecule has 0 radical (unpaired) electrons. The third-order valence-corrected chi connectivity index (χ3v) is 8.23. The monoisotopic (exact) mass is 438 g/mol. The zero-order valence-electron chi connectivity index (χ0n) is 20.7. The van der Waals surface area contributed by atoms with E-state index in [2.05, 4.69) is 6.92 Å². The number of hydrogen-bond acceptors (Lipinski definition) is 2. The fourth-order valence-corrected chi connectivity index (χ4v) is 6.08. The number of carboxylic acid groups (broad SMARTS) is 2. The van der Waals surface area contributed by atoms with Crippen molar-refractivity contribution in [3.8, 4) is 0 Å². The topological polar surface area (TPSA) is 74.6 Å². The molecule has 1 saturated carbocycles. The van der Waals surface area contributed by atoms with E-state index in [1.54, 1.807) is 0 Å². The van der Waals surface area contributed by atoms with E-state index in [0.717, 1.165) is 32.1 Å². The van der Waals surface area contributed by atoms with Crippen LogP contribution >= 0.6 is 0 Å². The lowest BCUT2D eigenvalue weighted by Crippen LogP contribution is -2.57. The van der Waals surface area contributed by atoms with Crippen molar-refractivity contribution in [3.63, 3.8) is 0 Å². The van der Waals surface area contributed by atoms with Crippen molar-refractivity contribution in [2.24, 2.45) is 16.7 Å². The van der Waals surface area contributed by atoms with Gasteiger partial charge in [-0.25, -0.2) is 0 Å². The van der Waals surface area contributed by atoms with Crippen LogP contribution in [0.1, 0.15) is 143 Å². The molecular formula is C27H50O4. The first-order chi connectivity index (χ1) is 14.9. The lowest BCUT2D eigenvalue weighted by Gasteiger charge is -2.51. The van der Waals surface area contributed by atoms with Gasteiger partial charge in [-0.05, 0) is 25.2 Å². The predicted molar refractivity (Wildman–Crippen MR) is 128 cm³/mol. The number of hydrogen-bond donors (Lipinski definition) is 2. The minimum absolute atomic E-state index is 0.122. The Labute approximate surface area is 191 Å². The average molecular weight is 439 g/mol.